The van der Waals surface area contributed by atoms with E-state index < -0.39 is 0 Å². The van der Waals surface area contributed by atoms with E-state index >= 15 is 0 Å². The number of anilines is 1. The van der Waals surface area contributed by atoms with Crippen molar-refractivity contribution in [1.29, 1.82) is 0 Å². The molecule has 0 unspecified atom stereocenters. The predicted molar refractivity (Wildman–Crippen MR) is 117 cm³/mol. The van der Waals surface area contributed by atoms with Crippen molar-refractivity contribution in [2.75, 3.05) is 25.1 Å². The van der Waals surface area contributed by atoms with Crippen molar-refractivity contribution in [3.63, 3.8) is 0 Å². The van der Waals surface area contributed by atoms with Crippen LogP contribution in [0, 0.1) is 0 Å². The van der Waals surface area contributed by atoms with Gasteiger partial charge in [0.05, 0.1) is 11.7 Å². The molecular formula is C24H26N2O5. The molecule has 7 nitrogen and oxygen atoms in total. The van der Waals surface area contributed by atoms with Crippen LogP contribution < -0.4 is 19.5 Å². The second-order valence-corrected chi connectivity index (χ2v) is 7.69. The fourth-order valence-electron chi connectivity index (χ4n) is 3.62. The van der Waals surface area contributed by atoms with Crippen molar-refractivity contribution >= 4 is 23.1 Å². The molecule has 31 heavy (non-hydrogen) atoms. The zero-order chi connectivity index (χ0) is 22.0. The largest absolute Gasteiger partial charge is 0.491 e. The Morgan fingerprint density at radius 1 is 1.00 bits per heavy atom. The van der Waals surface area contributed by atoms with Crippen molar-refractivity contribution < 1.29 is 23.8 Å². The summed E-state index contributed by atoms with van der Waals surface area (Å²) in [7, 11) is 0. The normalized spacial score (nSPS) is 15.7. The smallest absolute Gasteiger partial charge is 0.278 e. The van der Waals surface area contributed by atoms with E-state index in [1.165, 1.54) is 4.90 Å². The Hall–Kier alpha value is -3.48. The second-order valence-electron chi connectivity index (χ2n) is 7.69. The van der Waals surface area contributed by atoms with E-state index in [1.807, 2.05) is 32.9 Å². The van der Waals surface area contributed by atoms with Gasteiger partial charge in [0.2, 0.25) is 0 Å². The molecule has 0 atom stereocenters. The lowest BCUT2D eigenvalue weighted by Gasteiger charge is -2.19. The lowest BCUT2D eigenvalue weighted by Crippen LogP contribution is -2.33. The van der Waals surface area contributed by atoms with Crippen LogP contribution in [-0.4, -0.2) is 42.6 Å². The summed E-state index contributed by atoms with van der Waals surface area (Å²) in [6, 6.07) is 12.6. The van der Waals surface area contributed by atoms with Gasteiger partial charge in [-0.3, -0.25) is 14.5 Å². The van der Waals surface area contributed by atoms with Gasteiger partial charge in [0, 0.05) is 18.3 Å². The summed E-state index contributed by atoms with van der Waals surface area (Å²) in [5.74, 6) is 1.34. The van der Waals surface area contributed by atoms with Crippen LogP contribution in [0.2, 0.25) is 0 Å². The molecule has 4 rings (SSSR count). The van der Waals surface area contributed by atoms with Crippen molar-refractivity contribution in [2.45, 2.75) is 33.3 Å². The number of carbonyl (C=O) groups is 2. The summed E-state index contributed by atoms with van der Waals surface area (Å²) in [6.45, 7) is 7.18. The topological polar surface area (TPSA) is 77.1 Å². The van der Waals surface area contributed by atoms with Gasteiger partial charge in [0.15, 0.2) is 11.5 Å². The minimum Gasteiger partial charge on any atom is -0.491 e. The third-order valence-corrected chi connectivity index (χ3v) is 4.94. The van der Waals surface area contributed by atoms with Crippen molar-refractivity contribution in [3.05, 3.63) is 53.7 Å². The molecule has 162 valence electrons. The number of imide groups is 1. The van der Waals surface area contributed by atoms with Gasteiger partial charge in [-0.05, 0) is 50.1 Å². The number of amides is 2. The fraction of sp³-hybridized carbons (Fsp3) is 0.333. The zero-order valence-electron chi connectivity index (χ0n) is 17.9. The molecule has 1 N–H and O–H groups in total. The number of hydrogen-bond acceptors (Lipinski definition) is 6. The van der Waals surface area contributed by atoms with Gasteiger partial charge >= 0.3 is 0 Å². The number of hydrogen-bond donors (Lipinski definition) is 1. The average Bonchev–Trinajstić information content (AvgIpc) is 2.98. The molecule has 0 aromatic heterocycles. The van der Waals surface area contributed by atoms with Crippen molar-refractivity contribution in [1.82, 2.24) is 4.90 Å². The highest BCUT2D eigenvalue weighted by Crippen LogP contribution is 2.36. The summed E-state index contributed by atoms with van der Waals surface area (Å²) < 4.78 is 16.9. The van der Waals surface area contributed by atoms with Gasteiger partial charge in [0.1, 0.15) is 24.7 Å². The number of ether oxygens (including phenoxy) is 3. The van der Waals surface area contributed by atoms with E-state index in [2.05, 4.69) is 5.32 Å². The molecule has 0 saturated carbocycles. The highest BCUT2D eigenvalue weighted by atomic mass is 16.6. The quantitative estimate of drug-likeness (QED) is 0.683. The van der Waals surface area contributed by atoms with Gasteiger partial charge in [-0.25, -0.2) is 0 Å². The summed E-state index contributed by atoms with van der Waals surface area (Å²) >= 11 is 0. The Balaban J connectivity index is 1.70. The maximum absolute atomic E-state index is 13.1. The summed E-state index contributed by atoms with van der Waals surface area (Å²) in [5, 5.41) is 3.16. The van der Waals surface area contributed by atoms with Crippen LogP contribution in [0.15, 0.2) is 48.2 Å². The van der Waals surface area contributed by atoms with Gasteiger partial charge in [-0.15, -0.1) is 0 Å². The molecule has 0 bridgehead atoms. The van der Waals surface area contributed by atoms with Crippen LogP contribution in [0.25, 0.3) is 5.57 Å². The SMILES string of the molecule is CCCN1C(=O)C(Nc2ccc3c(c2)OCCO3)=C(c2ccc(OC(C)C)cc2)C1=O. The second kappa shape index (κ2) is 8.71. The van der Waals surface area contributed by atoms with E-state index in [1.54, 1.807) is 30.3 Å². The molecule has 7 heteroatoms. The number of nitrogens with one attached hydrogen (secondary N) is 1. The minimum atomic E-state index is -0.334. The molecule has 2 heterocycles. The molecule has 0 spiro atoms. The van der Waals surface area contributed by atoms with Crippen LogP contribution in [0.3, 0.4) is 0 Å². The van der Waals surface area contributed by atoms with Crippen LogP contribution in [0.4, 0.5) is 5.69 Å². The number of rotatable bonds is 7. The molecule has 0 aliphatic carbocycles. The highest BCUT2D eigenvalue weighted by molar-refractivity contribution is 6.36. The number of carbonyl (C=O) groups excluding carboxylic acids is 2. The van der Waals surface area contributed by atoms with Crippen LogP contribution in [0.5, 0.6) is 17.2 Å². The Labute approximate surface area is 181 Å². The first kappa shape index (κ1) is 20.8. The molecule has 0 saturated heterocycles. The molecule has 0 fully saturated rings. The van der Waals surface area contributed by atoms with E-state index in [-0.39, 0.29) is 23.6 Å². The Kier molecular flexibility index (Phi) is 5.84. The Morgan fingerprint density at radius 2 is 1.71 bits per heavy atom. The van der Waals surface area contributed by atoms with E-state index in [0.717, 1.165) is 0 Å². The van der Waals surface area contributed by atoms with Crippen molar-refractivity contribution in [2.24, 2.45) is 0 Å². The summed E-state index contributed by atoms with van der Waals surface area (Å²) in [4.78, 5) is 27.5. The third kappa shape index (κ3) is 4.21. The van der Waals surface area contributed by atoms with E-state index in [4.69, 9.17) is 14.2 Å². The van der Waals surface area contributed by atoms with Gasteiger partial charge in [-0.1, -0.05) is 19.1 Å². The summed E-state index contributed by atoms with van der Waals surface area (Å²) in [5.41, 5.74) is 1.92. The summed E-state index contributed by atoms with van der Waals surface area (Å²) in [6.07, 6.45) is 0.732. The third-order valence-electron chi connectivity index (χ3n) is 4.94. The zero-order valence-corrected chi connectivity index (χ0v) is 17.9. The maximum Gasteiger partial charge on any atom is 0.278 e. The molecule has 2 aliphatic heterocycles. The number of nitrogens with zero attached hydrogens (tertiary/aromatic N) is 1. The molecule has 2 aromatic carbocycles. The van der Waals surface area contributed by atoms with Crippen LogP contribution >= 0.6 is 0 Å². The van der Waals surface area contributed by atoms with Gasteiger partial charge in [0.25, 0.3) is 11.8 Å². The Bertz CT molecular complexity index is 1030. The lowest BCUT2D eigenvalue weighted by atomic mass is 10.0. The molecule has 2 aromatic rings. The predicted octanol–water partition coefficient (Wildman–Crippen LogP) is 3.85. The highest BCUT2D eigenvalue weighted by Gasteiger charge is 2.38. The first-order chi connectivity index (χ1) is 15.0. The van der Waals surface area contributed by atoms with E-state index in [9.17, 15) is 9.59 Å². The number of benzene rings is 2. The average molecular weight is 422 g/mol. The van der Waals surface area contributed by atoms with Gasteiger partial charge < -0.3 is 19.5 Å². The molecule has 0 radical (unpaired) electrons. The lowest BCUT2D eigenvalue weighted by molar-refractivity contribution is -0.136. The Morgan fingerprint density at radius 3 is 2.39 bits per heavy atom. The minimum absolute atomic E-state index is 0.0484. The number of fused-ring (bicyclic) bond motifs is 1. The van der Waals surface area contributed by atoms with Crippen molar-refractivity contribution in [3.8, 4) is 17.2 Å². The van der Waals surface area contributed by atoms with E-state index in [0.29, 0.717) is 60.3 Å². The van der Waals surface area contributed by atoms with Crippen LogP contribution in [0.1, 0.15) is 32.8 Å². The maximum atomic E-state index is 13.1. The molecule has 2 aliphatic rings. The standard InChI is InChI=1S/C24H26N2O5/c1-4-11-26-23(27)21(16-5-8-18(9-6-16)31-15(2)3)22(24(26)28)25-17-7-10-19-20(14-17)30-13-12-29-19/h5-10,14-15,25H,4,11-13H2,1-3H3. The first-order valence-corrected chi connectivity index (χ1v) is 10.5. The molecule has 2 amide bonds. The fourth-order valence-corrected chi connectivity index (χ4v) is 3.62. The molecular weight excluding hydrogens is 396 g/mol. The first-order valence-electron chi connectivity index (χ1n) is 10.5. The monoisotopic (exact) mass is 422 g/mol. The van der Waals surface area contributed by atoms with Gasteiger partial charge in [-0.2, -0.15) is 0 Å². The van der Waals surface area contributed by atoms with Crippen LogP contribution in [-0.2, 0) is 9.59 Å².